The van der Waals surface area contributed by atoms with Crippen molar-refractivity contribution in [2.75, 3.05) is 0 Å². The van der Waals surface area contributed by atoms with Gasteiger partial charge in [-0.15, -0.1) is 0 Å². The number of rotatable bonds is 3. The minimum absolute atomic E-state index is 0.137. The Balaban J connectivity index is 0.000000219. The van der Waals surface area contributed by atoms with Crippen molar-refractivity contribution in [3.05, 3.63) is 84.9 Å². The first-order valence-electron chi connectivity index (χ1n) is 5.50. The summed E-state index contributed by atoms with van der Waals surface area (Å²) in [6.45, 7) is 0. The van der Waals surface area contributed by atoms with Gasteiger partial charge in [0.15, 0.2) is 0 Å². The molecule has 0 bridgehead atoms. The smallest absolute Gasteiger partial charge is 0.258 e. The Bertz CT molecular complexity index is 626. The molecule has 0 aliphatic rings. The van der Waals surface area contributed by atoms with E-state index < -0.39 is 26.1 Å². The number of nitro benzene ring substituents is 3. The van der Waals surface area contributed by atoms with Gasteiger partial charge in [-0.3, -0.25) is 30.3 Å². The van der Waals surface area contributed by atoms with Crippen LogP contribution in [0.2, 0.25) is 0 Å². The van der Waals surface area contributed by atoms with Crippen LogP contribution in [0.3, 0.4) is 0 Å². The van der Waals surface area contributed by atoms with E-state index in [0.29, 0.717) is 0 Å². The minimum Gasteiger partial charge on any atom is -0.258 e. The van der Waals surface area contributed by atoms with Crippen LogP contribution >= 0.6 is 0 Å². The molecule has 0 N–H and O–H groups in total. The van der Waals surface area contributed by atoms with Crippen LogP contribution in [0.15, 0.2) is 54.6 Å². The summed E-state index contributed by atoms with van der Waals surface area (Å²) in [5, 5.41) is 30.5. The Hall–Kier alpha value is -3.36. The summed E-state index contributed by atoms with van der Waals surface area (Å²) in [6, 6.07) is 12.9. The summed E-state index contributed by atoms with van der Waals surface area (Å²) in [5.41, 5.74) is -0.831. The summed E-state index contributed by atoms with van der Waals surface area (Å²) >= 11 is 0. The average molecular weight is 291 g/mol. The molecule has 0 amide bonds. The highest BCUT2D eigenvalue weighted by Gasteiger charge is 2.21. The van der Waals surface area contributed by atoms with Crippen molar-refractivity contribution in [3.63, 3.8) is 0 Å². The molecule has 0 spiro atoms. The zero-order valence-corrected chi connectivity index (χ0v) is 10.5. The van der Waals surface area contributed by atoms with Gasteiger partial charge in [0, 0.05) is 24.3 Å². The molecule has 0 fully saturated rings. The number of hydrogen-bond acceptors (Lipinski definition) is 6. The molecule has 0 atom stereocenters. The van der Waals surface area contributed by atoms with Crippen molar-refractivity contribution in [2.45, 2.75) is 0 Å². The molecule has 0 aliphatic carbocycles. The van der Waals surface area contributed by atoms with Crippen molar-refractivity contribution in [1.29, 1.82) is 0 Å². The van der Waals surface area contributed by atoms with Gasteiger partial charge in [0.2, 0.25) is 0 Å². The van der Waals surface area contributed by atoms with E-state index in [2.05, 4.69) is 0 Å². The molecule has 2 aromatic rings. The Morgan fingerprint density at radius 2 is 0.952 bits per heavy atom. The van der Waals surface area contributed by atoms with Crippen LogP contribution in [0.5, 0.6) is 0 Å². The Morgan fingerprint density at radius 1 is 0.571 bits per heavy atom. The third-order valence-electron chi connectivity index (χ3n) is 2.24. The maximum absolute atomic E-state index is 10.2. The van der Waals surface area contributed by atoms with Crippen LogP contribution < -0.4 is 0 Å². The van der Waals surface area contributed by atoms with E-state index in [1.54, 1.807) is 18.2 Å². The maximum Gasteiger partial charge on any atom is 0.346 e. The van der Waals surface area contributed by atoms with Gasteiger partial charge in [-0.2, -0.15) is 0 Å². The van der Waals surface area contributed by atoms with Gasteiger partial charge in [0.05, 0.1) is 14.8 Å². The second-order valence-electron chi connectivity index (χ2n) is 3.60. The van der Waals surface area contributed by atoms with Crippen LogP contribution in [0.1, 0.15) is 0 Å². The van der Waals surface area contributed by atoms with E-state index in [9.17, 15) is 30.3 Å². The Labute approximate surface area is 117 Å². The fraction of sp³-hybridized carbons (Fsp3) is 0. The van der Waals surface area contributed by atoms with Gasteiger partial charge in [0.25, 0.3) is 5.69 Å². The molecular weight excluding hydrogens is 282 g/mol. The Morgan fingerprint density at radius 3 is 1.24 bits per heavy atom. The first-order valence-corrected chi connectivity index (χ1v) is 5.50. The number of nitro groups is 3. The highest BCUT2D eigenvalue weighted by Crippen LogP contribution is 2.24. The highest BCUT2D eigenvalue weighted by atomic mass is 16.6. The van der Waals surface area contributed by atoms with E-state index in [4.69, 9.17) is 0 Å². The van der Waals surface area contributed by atoms with Crippen molar-refractivity contribution >= 4 is 17.1 Å². The average Bonchev–Trinajstić information content (AvgIpc) is 2.48. The number of hydrogen-bond donors (Lipinski definition) is 0. The lowest BCUT2D eigenvalue weighted by atomic mass is 10.3. The van der Waals surface area contributed by atoms with Gasteiger partial charge < -0.3 is 0 Å². The van der Waals surface area contributed by atoms with Crippen LogP contribution in [0.4, 0.5) is 17.1 Å². The molecule has 2 aromatic carbocycles. The molecule has 0 aromatic heterocycles. The molecule has 0 unspecified atom stereocenters. The monoisotopic (exact) mass is 291 g/mol. The van der Waals surface area contributed by atoms with E-state index in [-0.39, 0.29) is 5.69 Å². The molecular formula is C12H9N3O6. The molecule has 0 saturated carbocycles. The first-order chi connectivity index (χ1) is 9.93. The third kappa shape index (κ3) is 4.67. The van der Waals surface area contributed by atoms with E-state index in [1.807, 2.05) is 0 Å². The van der Waals surface area contributed by atoms with E-state index >= 15 is 0 Å². The lowest BCUT2D eigenvalue weighted by Gasteiger charge is -1.91. The molecule has 108 valence electrons. The first kappa shape index (κ1) is 15.7. The number of nitrogens with zero attached hydrogens (tertiary/aromatic N) is 3. The topological polar surface area (TPSA) is 129 Å². The lowest BCUT2D eigenvalue weighted by molar-refractivity contribution is -0.422. The molecule has 0 aliphatic heterocycles. The molecule has 9 heteroatoms. The number of para-hydroxylation sites is 3. The zero-order chi connectivity index (χ0) is 15.8. The van der Waals surface area contributed by atoms with E-state index in [1.165, 1.54) is 24.3 Å². The van der Waals surface area contributed by atoms with Gasteiger partial charge in [-0.1, -0.05) is 30.3 Å². The normalized spacial score (nSPS) is 9.14. The van der Waals surface area contributed by atoms with Gasteiger partial charge >= 0.3 is 11.4 Å². The summed E-state index contributed by atoms with van der Waals surface area (Å²) in [4.78, 5) is 28.5. The molecule has 9 nitrogen and oxygen atoms in total. The minimum atomic E-state index is -0.780. The second-order valence-corrected chi connectivity index (χ2v) is 3.60. The largest absolute Gasteiger partial charge is 0.346 e. The second kappa shape index (κ2) is 7.28. The van der Waals surface area contributed by atoms with Gasteiger partial charge in [-0.25, -0.2) is 0 Å². The summed E-state index contributed by atoms with van der Waals surface area (Å²) in [6.07, 6.45) is 0. The van der Waals surface area contributed by atoms with Crippen LogP contribution in [-0.4, -0.2) is 14.8 Å². The summed E-state index contributed by atoms with van der Waals surface area (Å²) in [5.74, 6) is 0. The Kier molecular flexibility index (Phi) is 5.44. The highest BCUT2D eigenvalue weighted by molar-refractivity contribution is 5.51. The van der Waals surface area contributed by atoms with Crippen LogP contribution in [0, 0.1) is 30.3 Å². The van der Waals surface area contributed by atoms with Crippen molar-refractivity contribution in [1.82, 2.24) is 0 Å². The SMILES string of the molecule is O=[N+]([O-])c1ccccc1.O=[N+]([O-])c1ccccc1[N+](=O)[O-]. The van der Waals surface area contributed by atoms with Gasteiger partial charge in [-0.05, 0) is 0 Å². The van der Waals surface area contributed by atoms with Gasteiger partial charge in [0.1, 0.15) is 0 Å². The zero-order valence-electron chi connectivity index (χ0n) is 10.5. The van der Waals surface area contributed by atoms with Crippen molar-refractivity contribution in [3.8, 4) is 0 Å². The maximum atomic E-state index is 10.2. The number of non-ortho nitro benzene ring substituents is 1. The fourth-order valence-corrected chi connectivity index (χ4v) is 1.32. The third-order valence-corrected chi connectivity index (χ3v) is 2.24. The fourth-order valence-electron chi connectivity index (χ4n) is 1.32. The predicted molar refractivity (Wildman–Crippen MR) is 72.8 cm³/mol. The molecule has 21 heavy (non-hydrogen) atoms. The summed E-state index contributed by atoms with van der Waals surface area (Å²) in [7, 11) is 0. The molecule has 0 saturated heterocycles. The quantitative estimate of drug-likeness (QED) is 0.630. The van der Waals surface area contributed by atoms with E-state index in [0.717, 1.165) is 12.1 Å². The van der Waals surface area contributed by atoms with Crippen LogP contribution in [0.25, 0.3) is 0 Å². The molecule has 2 rings (SSSR count). The lowest BCUT2D eigenvalue weighted by Crippen LogP contribution is -1.95. The number of benzene rings is 2. The standard InChI is InChI=1S/C6H4N2O4.C6H5NO2/c9-7(10)5-3-1-2-4-6(5)8(11)12;8-7(9)6-4-2-1-3-5-6/h1-4H;1-5H. The molecule has 0 radical (unpaired) electrons. The predicted octanol–water partition coefficient (Wildman–Crippen LogP) is 3.10. The summed E-state index contributed by atoms with van der Waals surface area (Å²) < 4.78 is 0. The van der Waals surface area contributed by atoms with Crippen molar-refractivity contribution < 1.29 is 14.8 Å². The van der Waals surface area contributed by atoms with Crippen LogP contribution in [-0.2, 0) is 0 Å². The van der Waals surface area contributed by atoms with Crippen molar-refractivity contribution in [2.24, 2.45) is 0 Å². The molecule has 0 heterocycles.